The summed E-state index contributed by atoms with van der Waals surface area (Å²) < 4.78 is 5.83. The van der Waals surface area contributed by atoms with Crippen molar-refractivity contribution < 1.29 is 14.0 Å². The van der Waals surface area contributed by atoms with Crippen LogP contribution in [0.5, 0.6) is 0 Å². The first-order valence-electron chi connectivity index (χ1n) is 9.10. The topological polar surface area (TPSA) is 88.0 Å². The van der Waals surface area contributed by atoms with Gasteiger partial charge in [-0.1, -0.05) is 18.2 Å². The lowest BCUT2D eigenvalue weighted by Gasteiger charge is -2.09. The van der Waals surface area contributed by atoms with Crippen LogP contribution in [0, 0.1) is 6.92 Å². The number of para-hydroxylation sites is 1. The number of carbonyl (C=O) groups is 2. The Morgan fingerprint density at radius 3 is 2.96 bits per heavy atom. The van der Waals surface area contributed by atoms with E-state index in [1.54, 1.807) is 0 Å². The van der Waals surface area contributed by atoms with Gasteiger partial charge in [0.05, 0.1) is 0 Å². The van der Waals surface area contributed by atoms with Gasteiger partial charge in [-0.15, -0.1) is 11.3 Å². The third-order valence-electron chi connectivity index (χ3n) is 5.07. The number of hydrogen-bond acceptors (Lipinski definition) is 5. The highest BCUT2D eigenvalue weighted by Crippen LogP contribution is 2.31. The van der Waals surface area contributed by atoms with Gasteiger partial charge in [0.25, 0.3) is 5.91 Å². The number of H-pyrrole nitrogens is 1. The van der Waals surface area contributed by atoms with Crippen molar-refractivity contribution in [2.75, 3.05) is 5.32 Å². The number of carbonyl (C=O) groups excluding carboxylic acids is 2. The number of anilines is 1. The Balaban J connectivity index is 1.40. The number of Topliss-reactive ketones (excluding diaryl/α,β-unsaturated/α-hetero) is 1. The van der Waals surface area contributed by atoms with Crippen molar-refractivity contribution in [3.8, 4) is 11.5 Å². The third-order valence-corrected chi connectivity index (χ3v) is 5.82. The average Bonchev–Trinajstić information content (AvgIpc) is 3.39. The monoisotopic (exact) mass is 391 g/mol. The van der Waals surface area contributed by atoms with Crippen molar-refractivity contribution in [2.45, 2.75) is 26.2 Å². The Morgan fingerprint density at radius 2 is 2.14 bits per heavy atom. The molecule has 6 nitrogen and oxygen atoms in total. The summed E-state index contributed by atoms with van der Waals surface area (Å²) in [4.78, 5) is 32.5. The Hall–Kier alpha value is -3.19. The summed E-state index contributed by atoms with van der Waals surface area (Å²) in [7, 11) is 0. The van der Waals surface area contributed by atoms with E-state index in [1.807, 2.05) is 42.6 Å². The van der Waals surface area contributed by atoms with Crippen LogP contribution >= 0.6 is 11.3 Å². The van der Waals surface area contributed by atoms with Crippen LogP contribution in [-0.2, 0) is 6.42 Å². The first-order valence-corrected chi connectivity index (χ1v) is 9.98. The van der Waals surface area contributed by atoms with Crippen LogP contribution in [0.3, 0.4) is 0 Å². The van der Waals surface area contributed by atoms with Gasteiger partial charge in [0.2, 0.25) is 0 Å². The molecule has 0 bridgehead atoms. The van der Waals surface area contributed by atoms with E-state index in [0.717, 1.165) is 29.5 Å². The van der Waals surface area contributed by atoms with Gasteiger partial charge < -0.3 is 9.40 Å². The molecular weight excluding hydrogens is 374 g/mol. The molecule has 0 saturated carbocycles. The van der Waals surface area contributed by atoms with E-state index in [4.69, 9.17) is 4.42 Å². The molecule has 3 aromatic heterocycles. The van der Waals surface area contributed by atoms with Gasteiger partial charge in [0.15, 0.2) is 16.7 Å². The summed E-state index contributed by atoms with van der Waals surface area (Å²) in [5.41, 5.74) is 4.16. The van der Waals surface area contributed by atoms with E-state index >= 15 is 0 Å². The number of fused-ring (bicyclic) bond motifs is 2. The molecule has 5 rings (SSSR count). The lowest BCUT2D eigenvalue weighted by atomic mass is 9.94. The number of nitrogens with one attached hydrogen (secondary N) is 2. The van der Waals surface area contributed by atoms with Crippen molar-refractivity contribution in [1.29, 1.82) is 0 Å². The minimum atomic E-state index is -0.287. The number of aryl methyl sites for hydroxylation is 1. The van der Waals surface area contributed by atoms with Gasteiger partial charge in [-0.3, -0.25) is 14.9 Å². The quantitative estimate of drug-likeness (QED) is 0.516. The second kappa shape index (κ2) is 6.45. The summed E-state index contributed by atoms with van der Waals surface area (Å²) in [6.07, 6.45) is 2.16. The van der Waals surface area contributed by atoms with Crippen LogP contribution in [0.2, 0.25) is 0 Å². The molecule has 4 aromatic rings. The summed E-state index contributed by atoms with van der Waals surface area (Å²) >= 11 is 1.33. The first kappa shape index (κ1) is 16.9. The fraction of sp³-hybridized carbons (Fsp3) is 0.190. The summed E-state index contributed by atoms with van der Waals surface area (Å²) in [6, 6.07) is 9.70. The summed E-state index contributed by atoms with van der Waals surface area (Å²) in [5, 5.41) is 6.17. The number of nitrogens with zero attached hydrogens (tertiary/aromatic N) is 1. The molecule has 7 heteroatoms. The van der Waals surface area contributed by atoms with Gasteiger partial charge >= 0.3 is 0 Å². The lowest BCUT2D eigenvalue weighted by Crippen LogP contribution is -2.13. The maximum absolute atomic E-state index is 12.7. The summed E-state index contributed by atoms with van der Waals surface area (Å²) in [5.74, 6) is 0.482. The summed E-state index contributed by atoms with van der Waals surface area (Å²) in [6.45, 7) is 1.81. The molecule has 0 aliphatic heterocycles. The largest absolute Gasteiger partial charge is 0.454 e. The van der Waals surface area contributed by atoms with Crippen molar-refractivity contribution in [3.63, 3.8) is 0 Å². The number of hydrogen-bond donors (Lipinski definition) is 2. The highest BCUT2D eigenvalue weighted by Gasteiger charge is 2.26. The van der Waals surface area contributed by atoms with E-state index in [2.05, 4.69) is 15.3 Å². The van der Waals surface area contributed by atoms with Gasteiger partial charge in [0.1, 0.15) is 17.0 Å². The third kappa shape index (κ3) is 2.75. The van der Waals surface area contributed by atoms with E-state index in [1.165, 1.54) is 11.3 Å². The van der Waals surface area contributed by atoms with Crippen molar-refractivity contribution in [1.82, 2.24) is 9.97 Å². The van der Waals surface area contributed by atoms with E-state index < -0.39 is 0 Å². The molecule has 28 heavy (non-hydrogen) atoms. The highest BCUT2D eigenvalue weighted by atomic mass is 32.1. The normalized spacial score (nSPS) is 13.7. The predicted molar refractivity (Wildman–Crippen MR) is 108 cm³/mol. The first-order chi connectivity index (χ1) is 13.6. The van der Waals surface area contributed by atoms with Crippen LogP contribution < -0.4 is 5.32 Å². The fourth-order valence-corrected chi connectivity index (χ4v) is 4.41. The molecule has 0 radical (unpaired) electrons. The SMILES string of the molecule is Cc1c(C(=O)Nc2nc(-c3cc4ccccc4o3)cs2)[nH]c2c1C(=O)CCC2. The maximum atomic E-state index is 12.7. The minimum absolute atomic E-state index is 0.107. The Morgan fingerprint density at radius 1 is 1.29 bits per heavy atom. The van der Waals surface area contributed by atoms with Crippen LogP contribution in [0.15, 0.2) is 40.1 Å². The number of aromatic amines is 1. The number of benzene rings is 1. The zero-order chi connectivity index (χ0) is 19.3. The van der Waals surface area contributed by atoms with Gasteiger partial charge in [-0.25, -0.2) is 4.98 Å². The van der Waals surface area contributed by atoms with Crippen molar-refractivity contribution >= 4 is 39.1 Å². The Kier molecular flexibility index (Phi) is 3.91. The number of aromatic nitrogens is 2. The standard InChI is InChI=1S/C21H17N3O3S/c1-11-18-13(6-4-7-15(18)25)22-19(11)20(26)24-21-23-14(10-28-21)17-9-12-5-2-3-8-16(12)27-17/h2-3,5,8-10,22H,4,6-7H2,1H3,(H,23,24,26). The molecule has 0 unspecified atom stereocenters. The smallest absolute Gasteiger partial charge is 0.274 e. The van der Waals surface area contributed by atoms with Gasteiger partial charge in [-0.05, 0) is 37.5 Å². The molecule has 0 fully saturated rings. The zero-order valence-corrected chi connectivity index (χ0v) is 16.0. The van der Waals surface area contributed by atoms with Crippen LogP contribution in [0.1, 0.15) is 44.9 Å². The number of rotatable bonds is 3. The molecule has 0 saturated heterocycles. The highest BCUT2D eigenvalue weighted by molar-refractivity contribution is 7.14. The molecule has 2 N–H and O–H groups in total. The number of ketones is 1. The van der Waals surface area contributed by atoms with Crippen LogP contribution in [-0.4, -0.2) is 21.7 Å². The maximum Gasteiger partial charge on any atom is 0.274 e. The molecule has 140 valence electrons. The molecular formula is C21H17N3O3S. The molecule has 1 amide bonds. The number of thiazole rings is 1. The zero-order valence-electron chi connectivity index (χ0n) is 15.2. The van der Waals surface area contributed by atoms with Gasteiger partial charge in [0, 0.05) is 28.4 Å². The fourth-order valence-electron chi connectivity index (χ4n) is 3.71. The minimum Gasteiger partial charge on any atom is -0.454 e. The van der Waals surface area contributed by atoms with Crippen LogP contribution in [0.4, 0.5) is 5.13 Å². The second-order valence-electron chi connectivity index (χ2n) is 6.90. The molecule has 3 heterocycles. The van der Waals surface area contributed by atoms with Crippen molar-refractivity contribution in [2.24, 2.45) is 0 Å². The van der Waals surface area contributed by atoms with E-state index in [0.29, 0.717) is 39.8 Å². The second-order valence-corrected chi connectivity index (χ2v) is 7.75. The predicted octanol–water partition coefficient (Wildman–Crippen LogP) is 4.96. The molecule has 0 atom stereocenters. The molecule has 1 aliphatic carbocycles. The van der Waals surface area contributed by atoms with Crippen molar-refractivity contribution in [3.05, 3.63) is 58.2 Å². The molecule has 0 spiro atoms. The lowest BCUT2D eigenvalue weighted by molar-refractivity contribution is 0.0971. The average molecular weight is 391 g/mol. The number of furan rings is 1. The molecule has 1 aliphatic rings. The van der Waals surface area contributed by atoms with E-state index in [9.17, 15) is 9.59 Å². The Bertz CT molecular complexity index is 1200. The Labute approximate surface area is 164 Å². The number of amides is 1. The van der Waals surface area contributed by atoms with Crippen LogP contribution in [0.25, 0.3) is 22.4 Å². The molecule has 1 aromatic carbocycles. The van der Waals surface area contributed by atoms with Gasteiger partial charge in [-0.2, -0.15) is 0 Å². The van der Waals surface area contributed by atoms with E-state index in [-0.39, 0.29) is 11.7 Å².